The first-order valence-electron chi connectivity index (χ1n) is 16.9. The normalized spacial score (nSPS) is 11.5. The fourth-order valence-corrected chi connectivity index (χ4v) is 5.18. The predicted octanol–water partition coefficient (Wildman–Crippen LogP) is 8.54. The lowest BCUT2D eigenvalue weighted by Gasteiger charge is -2.31. The third-order valence-electron chi connectivity index (χ3n) is 7.97. The Labute approximate surface area is 287 Å². The first-order valence-corrected chi connectivity index (χ1v) is 16.9. The van der Waals surface area contributed by atoms with E-state index in [9.17, 15) is 10.8 Å². The van der Waals surface area contributed by atoms with Crippen molar-refractivity contribution in [1.29, 1.82) is 10.8 Å². The maximum absolute atomic E-state index is 9.30. The minimum atomic E-state index is -0.300. The van der Waals surface area contributed by atoms with Gasteiger partial charge in [-0.2, -0.15) is 0 Å². The van der Waals surface area contributed by atoms with Crippen LogP contribution >= 0.6 is 0 Å². The third kappa shape index (κ3) is 11.0. The molecule has 0 spiro atoms. The fraction of sp³-hybridized carbons (Fsp3) is 0.350. The van der Waals surface area contributed by atoms with Crippen LogP contribution in [0.2, 0.25) is 0 Å². The minimum absolute atomic E-state index is 0.228. The van der Waals surface area contributed by atoms with Gasteiger partial charge in [-0.05, 0) is 95.5 Å². The molecule has 0 aliphatic carbocycles. The van der Waals surface area contributed by atoms with E-state index in [0.29, 0.717) is 19.8 Å². The highest BCUT2D eigenvalue weighted by Gasteiger charge is 2.21. The summed E-state index contributed by atoms with van der Waals surface area (Å²) < 4.78 is 11.8. The van der Waals surface area contributed by atoms with Gasteiger partial charge in [-0.25, -0.2) is 0 Å². The van der Waals surface area contributed by atoms with Gasteiger partial charge in [-0.1, -0.05) is 77.7 Å². The Morgan fingerprint density at radius 2 is 0.938 bits per heavy atom. The highest BCUT2D eigenvalue weighted by Crippen LogP contribution is 2.27. The van der Waals surface area contributed by atoms with E-state index in [2.05, 4.69) is 93.8 Å². The van der Waals surface area contributed by atoms with E-state index < -0.39 is 0 Å². The van der Waals surface area contributed by atoms with Crippen LogP contribution in [0.5, 0.6) is 0 Å². The molecular formula is C40H52N6O2. The molecule has 4 aromatic carbocycles. The second-order valence-corrected chi connectivity index (χ2v) is 12.3. The average molecular weight is 649 g/mol. The molecule has 0 amide bonds. The smallest absolute Gasteiger partial charge is 0.200 e. The molecule has 0 bridgehead atoms. The van der Waals surface area contributed by atoms with Crippen molar-refractivity contribution < 1.29 is 9.47 Å². The van der Waals surface area contributed by atoms with Crippen molar-refractivity contribution in [3.63, 3.8) is 0 Å². The average Bonchev–Trinajstić information content (AvgIpc) is 3.08. The number of nitrogens with zero attached hydrogens (tertiary/aromatic N) is 2. The largest absolute Gasteiger partial charge is 0.381 e. The van der Waals surface area contributed by atoms with Crippen LogP contribution in [0.3, 0.4) is 0 Å². The number of anilines is 4. The summed E-state index contributed by atoms with van der Waals surface area (Å²) in [6.45, 7) is 13.2. The molecule has 0 saturated heterocycles. The van der Waals surface area contributed by atoms with E-state index in [1.54, 1.807) is 0 Å². The van der Waals surface area contributed by atoms with Gasteiger partial charge in [0.1, 0.15) is 0 Å². The van der Waals surface area contributed by atoms with Gasteiger partial charge in [0.2, 0.25) is 5.96 Å². The molecule has 0 fully saturated rings. The monoisotopic (exact) mass is 648 g/mol. The fourth-order valence-electron chi connectivity index (χ4n) is 5.18. The van der Waals surface area contributed by atoms with Crippen molar-refractivity contribution in [2.24, 2.45) is 0 Å². The van der Waals surface area contributed by atoms with Crippen LogP contribution in [0.4, 0.5) is 22.7 Å². The summed E-state index contributed by atoms with van der Waals surface area (Å²) >= 11 is 0. The van der Waals surface area contributed by atoms with Gasteiger partial charge < -0.3 is 20.1 Å². The summed E-state index contributed by atoms with van der Waals surface area (Å²) in [5, 5.41) is 25.3. The van der Waals surface area contributed by atoms with E-state index in [4.69, 9.17) is 9.47 Å². The lowest BCUT2D eigenvalue weighted by molar-refractivity contribution is 0.0944. The number of nitrogens with one attached hydrogen (secondary N) is 4. The highest BCUT2D eigenvalue weighted by atomic mass is 16.5. The van der Waals surface area contributed by atoms with Gasteiger partial charge in [0, 0.05) is 49.1 Å². The number of hydrogen-bond acceptors (Lipinski definition) is 4. The summed E-state index contributed by atoms with van der Waals surface area (Å²) in [5.41, 5.74) is 8.19. The summed E-state index contributed by atoms with van der Waals surface area (Å²) in [4.78, 5) is 3.82. The first kappa shape index (κ1) is 36.2. The number of rotatable bonds is 16. The van der Waals surface area contributed by atoms with E-state index in [1.165, 1.54) is 0 Å². The summed E-state index contributed by atoms with van der Waals surface area (Å²) in [5.74, 6) is 0.467. The molecule has 0 aromatic heterocycles. The molecule has 254 valence electrons. The molecular weight excluding hydrogens is 596 g/mol. The maximum atomic E-state index is 9.30. The van der Waals surface area contributed by atoms with Crippen LogP contribution in [0.1, 0.15) is 48.4 Å². The molecule has 1 unspecified atom stereocenters. The lowest BCUT2D eigenvalue weighted by Crippen LogP contribution is -2.52. The van der Waals surface area contributed by atoms with Crippen molar-refractivity contribution in [2.45, 2.75) is 59.9 Å². The van der Waals surface area contributed by atoms with Gasteiger partial charge in [-0.15, -0.1) is 0 Å². The quantitative estimate of drug-likeness (QED) is 0.0553. The molecule has 8 nitrogen and oxygen atoms in total. The van der Waals surface area contributed by atoms with Gasteiger partial charge in [0.15, 0.2) is 5.96 Å². The molecule has 4 aromatic rings. The van der Waals surface area contributed by atoms with Crippen LogP contribution in [-0.2, 0) is 9.47 Å². The molecule has 8 heteroatoms. The van der Waals surface area contributed by atoms with Crippen LogP contribution in [-0.4, -0.2) is 50.9 Å². The number of hydrogen-bond donors (Lipinski definition) is 4. The van der Waals surface area contributed by atoms with E-state index in [0.717, 1.165) is 77.5 Å². The van der Waals surface area contributed by atoms with Gasteiger partial charge in [0.05, 0.1) is 12.6 Å². The predicted molar refractivity (Wildman–Crippen MR) is 201 cm³/mol. The zero-order chi connectivity index (χ0) is 34.3. The van der Waals surface area contributed by atoms with E-state index in [1.807, 2.05) is 58.3 Å². The minimum Gasteiger partial charge on any atom is -0.381 e. The number of guanidine groups is 2. The van der Waals surface area contributed by atoms with Crippen LogP contribution < -0.4 is 20.4 Å². The molecule has 0 radical (unpaired) electrons. The maximum Gasteiger partial charge on any atom is 0.200 e. The highest BCUT2D eigenvalue weighted by molar-refractivity contribution is 6.02. The molecule has 48 heavy (non-hydrogen) atoms. The lowest BCUT2D eigenvalue weighted by atomic mass is 10.1. The second kappa shape index (κ2) is 18.6. The number of benzene rings is 4. The van der Waals surface area contributed by atoms with Crippen molar-refractivity contribution in [3.05, 3.63) is 119 Å². The van der Waals surface area contributed by atoms with Gasteiger partial charge >= 0.3 is 0 Å². The van der Waals surface area contributed by atoms with E-state index >= 15 is 0 Å². The topological polar surface area (TPSA) is 96.7 Å². The standard InChI is InChI=1S/C40H52N6O2/c1-6-25-47-26-7-8-27-48-29-34(44-40(42)46(37-21-13-32(4)14-22-37)38-23-15-33(5)16-24-38)28-43-39(41)45(35-17-9-30(2)10-18-35)36-19-11-31(3)12-20-36/h9-24,34H,6-8,25-29H2,1-5H3,(H2,41,43)(H2,42,44). The van der Waals surface area contributed by atoms with Crippen LogP contribution in [0, 0.1) is 38.5 Å². The molecule has 4 N–H and O–H groups in total. The van der Waals surface area contributed by atoms with Crippen LogP contribution in [0.15, 0.2) is 97.1 Å². The molecule has 0 heterocycles. The first-order chi connectivity index (χ1) is 23.2. The molecule has 4 rings (SSSR count). The Balaban J connectivity index is 1.53. The summed E-state index contributed by atoms with van der Waals surface area (Å²) in [7, 11) is 0. The Kier molecular flexibility index (Phi) is 14.0. The van der Waals surface area contributed by atoms with Crippen molar-refractivity contribution in [3.8, 4) is 0 Å². The van der Waals surface area contributed by atoms with Crippen molar-refractivity contribution in [1.82, 2.24) is 10.6 Å². The Morgan fingerprint density at radius 3 is 1.33 bits per heavy atom. The van der Waals surface area contributed by atoms with Crippen LogP contribution in [0.25, 0.3) is 0 Å². The second-order valence-electron chi connectivity index (χ2n) is 12.3. The van der Waals surface area contributed by atoms with Crippen molar-refractivity contribution in [2.75, 3.05) is 42.8 Å². The van der Waals surface area contributed by atoms with Gasteiger partial charge in [0.25, 0.3) is 0 Å². The summed E-state index contributed by atoms with van der Waals surface area (Å²) in [6.07, 6.45) is 2.85. The third-order valence-corrected chi connectivity index (χ3v) is 7.97. The Morgan fingerprint density at radius 1 is 0.562 bits per heavy atom. The number of unbranched alkanes of at least 4 members (excludes halogenated alkanes) is 1. The number of ether oxygens (including phenoxy) is 2. The zero-order valence-electron chi connectivity index (χ0n) is 29.2. The molecule has 0 aliphatic rings. The molecule has 1 atom stereocenters. The van der Waals surface area contributed by atoms with Gasteiger partial charge in [-0.3, -0.25) is 20.6 Å². The Bertz CT molecular complexity index is 1460. The molecule has 0 aliphatic heterocycles. The SMILES string of the molecule is CCCOCCCCOCC(CNC(=N)N(c1ccc(C)cc1)c1ccc(C)cc1)NC(=N)N(c1ccc(C)cc1)c1ccc(C)cc1. The Hall–Kier alpha value is -4.66. The summed E-state index contributed by atoms with van der Waals surface area (Å²) in [6, 6.07) is 32.4. The molecule has 0 saturated carbocycles. The number of aryl methyl sites for hydroxylation is 4. The zero-order valence-corrected chi connectivity index (χ0v) is 29.2. The van der Waals surface area contributed by atoms with Crippen molar-refractivity contribution >= 4 is 34.7 Å². The van der Waals surface area contributed by atoms with E-state index in [-0.39, 0.29) is 18.0 Å².